The second-order valence-electron chi connectivity index (χ2n) is 4.52. The van der Waals surface area contributed by atoms with Crippen molar-refractivity contribution in [1.82, 2.24) is 10.3 Å². The van der Waals surface area contributed by atoms with Gasteiger partial charge in [0.2, 0.25) is 0 Å². The minimum Gasteiger partial charge on any atom is -0.463 e. The number of pyridine rings is 1. The van der Waals surface area contributed by atoms with Crippen molar-refractivity contribution >= 4 is 29.5 Å². The molecule has 0 saturated carbocycles. The third-order valence-electron chi connectivity index (χ3n) is 2.96. The number of nitrogens with one attached hydrogen (secondary N) is 2. The van der Waals surface area contributed by atoms with Crippen LogP contribution in [-0.4, -0.2) is 36.7 Å². The van der Waals surface area contributed by atoms with E-state index in [0.29, 0.717) is 23.5 Å². The van der Waals surface area contributed by atoms with Crippen LogP contribution in [0.3, 0.4) is 0 Å². The monoisotopic (exact) mass is 295 g/mol. The van der Waals surface area contributed by atoms with Gasteiger partial charge in [0.25, 0.3) is 0 Å². The van der Waals surface area contributed by atoms with Crippen molar-refractivity contribution in [3.63, 3.8) is 0 Å². The molecule has 1 aromatic heterocycles. The van der Waals surface area contributed by atoms with E-state index in [9.17, 15) is 4.79 Å². The minimum atomic E-state index is -0.372. The van der Waals surface area contributed by atoms with E-state index in [1.165, 1.54) is 6.08 Å². The highest BCUT2D eigenvalue weighted by Gasteiger charge is 2.15. The molecular weight excluding hydrogens is 278 g/mol. The normalized spacial score (nSPS) is 18.4. The maximum Gasteiger partial charge on any atom is 0.330 e. The van der Waals surface area contributed by atoms with Gasteiger partial charge in [0, 0.05) is 24.9 Å². The fourth-order valence-corrected chi connectivity index (χ4v) is 2.21. The summed E-state index contributed by atoms with van der Waals surface area (Å²) < 4.78 is 4.81. The van der Waals surface area contributed by atoms with Gasteiger partial charge in [0.05, 0.1) is 11.6 Å². The molecule has 20 heavy (non-hydrogen) atoms. The first-order valence-corrected chi connectivity index (χ1v) is 7.04. The number of rotatable bonds is 5. The van der Waals surface area contributed by atoms with Crippen LogP contribution in [-0.2, 0) is 9.53 Å². The fourth-order valence-electron chi connectivity index (χ4n) is 1.98. The van der Waals surface area contributed by atoms with Crippen LogP contribution in [0.15, 0.2) is 18.3 Å². The summed E-state index contributed by atoms with van der Waals surface area (Å²) in [5.74, 6) is 0.302. The Balaban J connectivity index is 1.99. The molecule has 2 rings (SSSR count). The van der Waals surface area contributed by atoms with E-state index in [1.807, 2.05) is 0 Å². The van der Waals surface area contributed by atoms with Gasteiger partial charge in [0.15, 0.2) is 0 Å². The molecule has 1 aliphatic heterocycles. The average Bonchev–Trinajstić information content (AvgIpc) is 2.92. The maximum absolute atomic E-state index is 11.2. The van der Waals surface area contributed by atoms with Crippen molar-refractivity contribution in [2.24, 2.45) is 0 Å². The minimum absolute atomic E-state index is 0.362. The maximum atomic E-state index is 11.2. The molecule has 1 aromatic rings. The number of halogens is 1. The summed E-state index contributed by atoms with van der Waals surface area (Å²) >= 11 is 6.19. The lowest BCUT2D eigenvalue weighted by atomic mass is 10.2. The third-order valence-corrected chi connectivity index (χ3v) is 3.25. The van der Waals surface area contributed by atoms with E-state index in [2.05, 4.69) is 15.6 Å². The van der Waals surface area contributed by atoms with Crippen molar-refractivity contribution in [3.05, 3.63) is 28.9 Å². The average molecular weight is 296 g/mol. The number of hydrogen-bond acceptors (Lipinski definition) is 5. The van der Waals surface area contributed by atoms with E-state index in [1.54, 1.807) is 25.3 Å². The Hall–Kier alpha value is -1.59. The molecule has 0 radical (unpaired) electrons. The van der Waals surface area contributed by atoms with Gasteiger partial charge in [0.1, 0.15) is 5.82 Å². The standard InChI is InChI=1S/C14H18ClN3O2/c1-2-20-13(19)4-3-10-7-12(15)14(17-8-10)18-11-5-6-16-9-11/h3-4,7-8,11,16H,2,5-6,9H2,1H3,(H,17,18)/t11-/m1/s1. The lowest BCUT2D eigenvalue weighted by Gasteiger charge is -2.13. The first-order valence-electron chi connectivity index (χ1n) is 6.66. The number of carbonyl (C=O) groups is 1. The number of hydrogen-bond donors (Lipinski definition) is 2. The van der Waals surface area contributed by atoms with Gasteiger partial charge in [-0.25, -0.2) is 9.78 Å². The van der Waals surface area contributed by atoms with Gasteiger partial charge in [-0.15, -0.1) is 0 Å². The lowest BCUT2D eigenvalue weighted by molar-refractivity contribution is -0.137. The van der Waals surface area contributed by atoms with Crippen LogP contribution in [0.25, 0.3) is 6.08 Å². The predicted octanol–water partition coefficient (Wildman–Crippen LogP) is 2.09. The molecule has 1 aliphatic rings. The highest BCUT2D eigenvalue weighted by atomic mass is 35.5. The SMILES string of the molecule is CCOC(=O)C=Cc1cnc(N[C@@H]2CCNC2)c(Cl)c1. The fraction of sp³-hybridized carbons (Fsp3) is 0.429. The number of aromatic nitrogens is 1. The summed E-state index contributed by atoms with van der Waals surface area (Å²) in [6, 6.07) is 2.13. The molecule has 2 N–H and O–H groups in total. The summed E-state index contributed by atoms with van der Waals surface area (Å²) in [5, 5.41) is 7.12. The van der Waals surface area contributed by atoms with Crippen molar-refractivity contribution in [3.8, 4) is 0 Å². The summed E-state index contributed by atoms with van der Waals surface area (Å²) in [4.78, 5) is 15.5. The summed E-state index contributed by atoms with van der Waals surface area (Å²) in [6.45, 7) is 4.06. The molecule has 0 unspecified atom stereocenters. The number of nitrogens with zero attached hydrogens (tertiary/aromatic N) is 1. The molecule has 1 atom stereocenters. The molecule has 108 valence electrons. The Kier molecular flexibility index (Phi) is 5.38. The largest absolute Gasteiger partial charge is 0.463 e. The summed E-state index contributed by atoms with van der Waals surface area (Å²) in [6.07, 6.45) is 5.73. The van der Waals surface area contributed by atoms with Crippen LogP contribution in [0, 0.1) is 0 Å². The molecule has 0 aromatic carbocycles. The van der Waals surface area contributed by atoms with Crippen LogP contribution < -0.4 is 10.6 Å². The second-order valence-corrected chi connectivity index (χ2v) is 4.93. The highest BCUT2D eigenvalue weighted by molar-refractivity contribution is 6.33. The highest BCUT2D eigenvalue weighted by Crippen LogP contribution is 2.22. The van der Waals surface area contributed by atoms with Crippen LogP contribution in [0.1, 0.15) is 18.9 Å². The van der Waals surface area contributed by atoms with E-state index >= 15 is 0 Å². The Labute approximate surface area is 123 Å². The van der Waals surface area contributed by atoms with Gasteiger partial charge in [-0.3, -0.25) is 0 Å². The van der Waals surface area contributed by atoms with E-state index < -0.39 is 0 Å². The molecule has 0 bridgehead atoms. The second kappa shape index (κ2) is 7.26. The molecule has 2 heterocycles. The first-order chi connectivity index (χ1) is 9.69. The van der Waals surface area contributed by atoms with E-state index in [4.69, 9.17) is 16.3 Å². The Morgan fingerprint density at radius 1 is 1.70 bits per heavy atom. The summed E-state index contributed by atoms with van der Waals surface area (Å²) in [7, 11) is 0. The van der Waals surface area contributed by atoms with Gasteiger partial charge >= 0.3 is 5.97 Å². The van der Waals surface area contributed by atoms with Crippen LogP contribution in [0.2, 0.25) is 5.02 Å². The Morgan fingerprint density at radius 2 is 2.55 bits per heavy atom. The topological polar surface area (TPSA) is 63.2 Å². The van der Waals surface area contributed by atoms with Gasteiger partial charge < -0.3 is 15.4 Å². The number of esters is 1. The molecule has 0 aliphatic carbocycles. The Bertz CT molecular complexity index is 499. The lowest BCUT2D eigenvalue weighted by Crippen LogP contribution is -2.22. The molecule has 6 heteroatoms. The van der Waals surface area contributed by atoms with Gasteiger partial charge in [-0.1, -0.05) is 11.6 Å². The van der Waals surface area contributed by atoms with Crippen LogP contribution in [0.4, 0.5) is 5.82 Å². The molecule has 1 fully saturated rings. The number of ether oxygens (including phenoxy) is 1. The van der Waals surface area contributed by atoms with Crippen molar-refractivity contribution in [1.29, 1.82) is 0 Å². The zero-order valence-electron chi connectivity index (χ0n) is 11.4. The summed E-state index contributed by atoms with van der Waals surface area (Å²) in [5.41, 5.74) is 0.762. The van der Waals surface area contributed by atoms with E-state index in [-0.39, 0.29) is 5.97 Å². The smallest absolute Gasteiger partial charge is 0.330 e. The van der Waals surface area contributed by atoms with Crippen molar-refractivity contribution in [2.45, 2.75) is 19.4 Å². The Morgan fingerprint density at radius 3 is 3.20 bits per heavy atom. The molecule has 0 amide bonds. The van der Waals surface area contributed by atoms with Crippen LogP contribution >= 0.6 is 11.6 Å². The molecule has 5 nitrogen and oxygen atoms in total. The van der Waals surface area contributed by atoms with Crippen molar-refractivity contribution in [2.75, 3.05) is 25.0 Å². The zero-order valence-corrected chi connectivity index (χ0v) is 12.1. The van der Waals surface area contributed by atoms with Crippen LogP contribution in [0.5, 0.6) is 0 Å². The molecular formula is C14H18ClN3O2. The van der Waals surface area contributed by atoms with Gasteiger partial charge in [-0.2, -0.15) is 0 Å². The quantitative estimate of drug-likeness (QED) is 0.643. The zero-order chi connectivity index (χ0) is 14.4. The third kappa shape index (κ3) is 4.21. The van der Waals surface area contributed by atoms with Gasteiger partial charge in [-0.05, 0) is 37.6 Å². The molecule has 0 spiro atoms. The first kappa shape index (κ1) is 14.8. The predicted molar refractivity (Wildman–Crippen MR) is 79.8 cm³/mol. The van der Waals surface area contributed by atoms with E-state index in [0.717, 1.165) is 25.1 Å². The number of anilines is 1. The van der Waals surface area contributed by atoms with Crippen molar-refractivity contribution < 1.29 is 9.53 Å². The molecule has 1 saturated heterocycles. The number of carbonyl (C=O) groups excluding carboxylic acids is 1.